The number of piperidine rings is 2. The molecule has 0 saturated carbocycles. The minimum Gasteiger partial charge on any atom is -0.473 e. The molecule has 0 spiro atoms. The summed E-state index contributed by atoms with van der Waals surface area (Å²) >= 11 is 0. The lowest BCUT2D eigenvalue weighted by Gasteiger charge is -2.54. The molecule has 18 heavy (non-hydrogen) atoms. The highest BCUT2D eigenvalue weighted by atomic mass is 16.6. The number of nitrogens with zero attached hydrogens (tertiary/aromatic N) is 2. The van der Waals surface area contributed by atoms with Gasteiger partial charge in [-0.05, 0) is 26.3 Å². The maximum absolute atomic E-state index is 9.10. The van der Waals surface area contributed by atoms with Gasteiger partial charge in [0.15, 0.2) is 0 Å². The average molecular weight is 258 g/mol. The fourth-order valence-electron chi connectivity index (χ4n) is 2.41. The van der Waals surface area contributed by atoms with Crippen LogP contribution in [0.2, 0.25) is 0 Å². The SMILES string of the molecule is CON=C(C)C12CCCN(C1)C2.O=C(O)C(=O)O. The van der Waals surface area contributed by atoms with Crippen molar-refractivity contribution in [3.8, 4) is 0 Å². The van der Waals surface area contributed by atoms with Gasteiger partial charge in [-0.15, -0.1) is 0 Å². The first kappa shape index (κ1) is 14.4. The van der Waals surface area contributed by atoms with Crippen molar-refractivity contribution in [3.63, 3.8) is 0 Å². The summed E-state index contributed by atoms with van der Waals surface area (Å²) in [6, 6.07) is 0. The molecule has 0 unspecified atom stereocenters. The number of oxime groups is 1. The molecule has 2 N–H and O–H groups in total. The topological polar surface area (TPSA) is 99.4 Å². The second-order valence-electron chi connectivity index (χ2n) is 4.56. The third-order valence-electron chi connectivity index (χ3n) is 3.36. The summed E-state index contributed by atoms with van der Waals surface area (Å²) in [5, 5.41) is 18.8. The summed E-state index contributed by atoms with van der Waals surface area (Å²) < 4.78 is 0. The summed E-state index contributed by atoms with van der Waals surface area (Å²) in [7, 11) is 1.62. The van der Waals surface area contributed by atoms with Crippen LogP contribution in [0.3, 0.4) is 0 Å². The number of rotatable bonds is 2. The quantitative estimate of drug-likeness (QED) is 0.419. The van der Waals surface area contributed by atoms with E-state index in [2.05, 4.69) is 17.0 Å². The Bertz CT molecular complexity index is 343. The van der Waals surface area contributed by atoms with Crippen molar-refractivity contribution in [1.82, 2.24) is 4.90 Å². The first-order valence-corrected chi connectivity index (χ1v) is 5.68. The summed E-state index contributed by atoms with van der Waals surface area (Å²) in [4.78, 5) is 25.5. The highest BCUT2D eigenvalue weighted by molar-refractivity contribution is 6.27. The second-order valence-corrected chi connectivity index (χ2v) is 4.56. The Balaban J connectivity index is 0.000000232. The number of hydrogen-bond acceptors (Lipinski definition) is 5. The van der Waals surface area contributed by atoms with Gasteiger partial charge >= 0.3 is 11.9 Å². The van der Waals surface area contributed by atoms with Crippen molar-refractivity contribution >= 4 is 17.7 Å². The highest BCUT2D eigenvalue weighted by Crippen LogP contribution is 2.41. The number of hydrogen-bond donors (Lipinski definition) is 2. The number of aliphatic carboxylic acids is 2. The Labute approximate surface area is 105 Å². The fourth-order valence-corrected chi connectivity index (χ4v) is 2.41. The Morgan fingerprint density at radius 3 is 2.17 bits per heavy atom. The molecule has 3 saturated heterocycles. The maximum Gasteiger partial charge on any atom is 0.414 e. The molecule has 0 amide bonds. The van der Waals surface area contributed by atoms with Gasteiger partial charge in [0.1, 0.15) is 7.11 Å². The zero-order valence-electron chi connectivity index (χ0n) is 10.5. The van der Waals surface area contributed by atoms with E-state index in [1.165, 1.54) is 38.2 Å². The summed E-state index contributed by atoms with van der Waals surface area (Å²) in [5.74, 6) is -3.65. The van der Waals surface area contributed by atoms with E-state index in [4.69, 9.17) is 24.6 Å². The van der Waals surface area contributed by atoms with Gasteiger partial charge < -0.3 is 20.0 Å². The van der Waals surface area contributed by atoms with Crippen LogP contribution in [0, 0.1) is 5.41 Å². The number of carboxylic acids is 2. The smallest absolute Gasteiger partial charge is 0.414 e. The molecule has 0 atom stereocenters. The second kappa shape index (κ2) is 5.81. The van der Waals surface area contributed by atoms with Crippen LogP contribution in [0.4, 0.5) is 0 Å². The minimum absolute atomic E-state index is 0.383. The average Bonchev–Trinajstić information content (AvgIpc) is 2.29. The molecular weight excluding hydrogens is 240 g/mol. The standard InChI is InChI=1S/C9H16N2O.C2H2O4/c1-8(10-12-2)9-4-3-5-11(6-9)7-9;3-1(4)2(5)6/h3-7H2,1-2H3;(H,3,4)(H,5,6). The zero-order valence-corrected chi connectivity index (χ0v) is 10.5. The Hall–Kier alpha value is -1.63. The minimum atomic E-state index is -1.82. The number of carboxylic acid groups (broad SMARTS) is 2. The van der Waals surface area contributed by atoms with Crippen LogP contribution in [0.15, 0.2) is 5.16 Å². The Morgan fingerprint density at radius 1 is 1.28 bits per heavy atom. The van der Waals surface area contributed by atoms with E-state index in [1.54, 1.807) is 7.11 Å². The Kier molecular flexibility index (Phi) is 4.66. The van der Waals surface area contributed by atoms with Gasteiger partial charge in [0.25, 0.3) is 0 Å². The molecule has 3 heterocycles. The van der Waals surface area contributed by atoms with E-state index in [0.29, 0.717) is 5.41 Å². The van der Waals surface area contributed by atoms with E-state index < -0.39 is 11.9 Å². The molecule has 2 bridgehead atoms. The van der Waals surface area contributed by atoms with E-state index in [-0.39, 0.29) is 0 Å². The van der Waals surface area contributed by atoms with Crippen molar-refractivity contribution in [3.05, 3.63) is 0 Å². The summed E-state index contributed by atoms with van der Waals surface area (Å²) in [6.07, 6.45) is 2.61. The molecule has 3 aliphatic heterocycles. The van der Waals surface area contributed by atoms with Crippen molar-refractivity contribution in [2.75, 3.05) is 26.7 Å². The predicted molar refractivity (Wildman–Crippen MR) is 63.5 cm³/mol. The molecule has 3 aliphatic rings. The molecule has 102 valence electrons. The van der Waals surface area contributed by atoms with Crippen LogP contribution in [0.25, 0.3) is 0 Å². The molecule has 0 aliphatic carbocycles. The van der Waals surface area contributed by atoms with Crippen LogP contribution in [0.5, 0.6) is 0 Å². The van der Waals surface area contributed by atoms with Gasteiger partial charge in [-0.2, -0.15) is 0 Å². The summed E-state index contributed by atoms with van der Waals surface area (Å²) in [5.41, 5.74) is 1.56. The molecule has 0 aromatic rings. The first-order valence-electron chi connectivity index (χ1n) is 5.68. The van der Waals surface area contributed by atoms with E-state index >= 15 is 0 Å². The van der Waals surface area contributed by atoms with E-state index in [9.17, 15) is 0 Å². The van der Waals surface area contributed by atoms with Gasteiger partial charge in [0, 0.05) is 18.5 Å². The third kappa shape index (κ3) is 3.19. The molecular formula is C11H18N2O5. The van der Waals surface area contributed by atoms with E-state index in [0.717, 1.165) is 0 Å². The van der Waals surface area contributed by atoms with Crippen molar-refractivity contribution < 1.29 is 24.6 Å². The lowest BCUT2D eigenvalue weighted by Crippen LogP contribution is -2.63. The van der Waals surface area contributed by atoms with Crippen molar-refractivity contribution in [1.29, 1.82) is 0 Å². The lowest BCUT2D eigenvalue weighted by atomic mass is 9.69. The fraction of sp³-hybridized carbons (Fsp3) is 0.727. The van der Waals surface area contributed by atoms with Crippen LogP contribution < -0.4 is 0 Å². The molecule has 0 aromatic heterocycles. The molecule has 7 heteroatoms. The molecule has 3 rings (SSSR count). The summed E-state index contributed by atoms with van der Waals surface area (Å²) in [6.45, 7) is 5.77. The monoisotopic (exact) mass is 258 g/mol. The molecule has 7 nitrogen and oxygen atoms in total. The van der Waals surface area contributed by atoms with Crippen LogP contribution >= 0.6 is 0 Å². The molecule has 0 radical (unpaired) electrons. The van der Waals surface area contributed by atoms with Gasteiger partial charge in [0.05, 0.1) is 5.71 Å². The van der Waals surface area contributed by atoms with Crippen molar-refractivity contribution in [2.24, 2.45) is 10.6 Å². The van der Waals surface area contributed by atoms with Crippen LogP contribution in [0.1, 0.15) is 19.8 Å². The molecule has 3 fully saturated rings. The Morgan fingerprint density at radius 2 is 1.83 bits per heavy atom. The van der Waals surface area contributed by atoms with Crippen LogP contribution in [-0.4, -0.2) is 59.5 Å². The largest absolute Gasteiger partial charge is 0.473 e. The van der Waals surface area contributed by atoms with Crippen LogP contribution in [-0.2, 0) is 14.4 Å². The highest BCUT2D eigenvalue weighted by Gasteiger charge is 2.48. The number of carbonyl (C=O) groups is 2. The van der Waals surface area contributed by atoms with Gasteiger partial charge in [0.2, 0.25) is 0 Å². The van der Waals surface area contributed by atoms with Crippen molar-refractivity contribution in [2.45, 2.75) is 19.8 Å². The number of fused-ring (bicyclic) bond motifs is 2. The third-order valence-corrected chi connectivity index (χ3v) is 3.36. The lowest BCUT2D eigenvalue weighted by molar-refractivity contribution is -0.159. The van der Waals surface area contributed by atoms with Gasteiger partial charge in [-0.1, -0.05) is 5.16 Å². The first-order chi connectivity index (χ1) is 8.41. The normalized spacial score (nSPS) is 29.4. The predicted octanol–water partition coefficient (Wildman–Crippen LogP) is 0.260. The van der Waals surface area contributed by atoms with Gasteiger partial charge in [-0.3, -0.25) is 0 Å². The van der Waals surface area contributed by atoms with E-state index in [1.807, 2.05) is 0 Å². The molecule has 0 aromatic carbocycles. The van der Waals surface area contributed by atoms with Gasteiger partial charge in [-0.25, -0.2) is 9.59 Å². The zero-order chi connectivity index (χ0) is 13.8. The maximum atomic E-state index is 9.10.